The van der Waals surface area contributed by atoms with Crippen molar-refractivity contribution in [2.75, 3.05) is 6.54 Å². The van der Waals surface area contributed by atoms with Crippen LogP contribution in [0.4, 0.5) is 9.59 Å². The van der Waals surface area contributed by atoms with E-state index in [0.717, 1.165) is 0 Å². The molecule has 0 heterocycles. The maximum atomic E-state index is 12.0. The van der Waals surface area contributed by atoms with Crippen LogP contribution in [0.5, 0.6) is 0 Å². The van der Waals surface area contributed by atoms with E-state index < -0.39 is 35.3 Å². The van der Waals surface area contributed by atoms with E-state index in [2.05, 4.69) is 10.6 Å². The van der Waals surface area contributed by atoms with Gasteiger partial charge in [-0.3, -0.25) is 5.73 Å². The molecule has 0 spiro atoms. The van der Waals surface area contributed by atoms with Gasteiger partial charge in [0.2, 0.25) is 5.85 Å². The van der Waals surface area contributed by atoms with Gasteiger partial charge < -0.3 is 20.1 Å². The number of alkyl carbamates (subject to hydrolysis) is 2. The largest absolute Gasteiger partial charge is 0.430 e. The maximum Gasteiger partial charge on any atom is 0.410 e. The highest BCUT2D eigenvalue weighted by atomic mass is 35.5. The van der Waals surface area contributed by atoms with Crippen LogP contribution >= 0.6 is 24.8 Å². The predicted molar refractivity (Wildman–Crippen MR) is 108 cm³/mol. The van der Waals surface area contributed by atoms with Crippen LogP contribution in [0, 0.1) is 0 Å². The van der Waals surface area contributed by atoms with Gasteiger partial charge in [-0.25, -0.2) is 14.5 Å². The van der Waals surface area contributed by atoms with E-state index in [9.17, 15) is 9.59 Å². The standard InChI is InChI=1S/C16H34N4O4.2ClH/c1-10-20(11(2)23-12(21)18-14(3,4)5)16(9,17)24-13(22)19-15(6,7)8;;/h11H,10,17H2,1-9H3,(H,18,21)(H,19,22);2*1H. The van der Waals surface area contributed by atoms with Crippen LogP contribution in [0.25, 0.3) is 0 Å². The Bertz CT molecular complexity index is 449. The number of hydrogen-bond donors (Lipinski definition) is 3. The second-order valence-electron chi connectivity index (χ2n) is 7.98. The van der Waals surface area contributed by atoms with Crippen LogP contribution < -0.4 is 16.4 Å². The van der Waals surface area contributed by atoms with Gasteiger partial charge in [0, 0.05) is 24.5 Å². The zero-order valence-corrected chi connectivity index (χ0v) is 18.9. The lowest BCUT2D eigenvalue weighted by Crippen LogP contribution is -2.62. The fourth-order valence-corrected chi connectivity index (χ4v) is 2.06. The van der Waals surface area contributed by atoms with E-state index >= 15 is 0 Å². The quantitative estimate of drug-likeness (QED) is 0.591. The molecule has 0 saturated heterocycles. The highest BCUT2D eigenvalue weighted by molar-refractivity contribution is 5.85. The Balaban J connectivity index is -0.00000264. The van der Waals surface area contributed by atoms with Crippen molar-refractivity contribution in [1.29, 1.82) is 0 Å². The summed E-state index contributed by atoms with van der Waals surface area (Å²) in [4.78, 5) is 25.4. The first-order valence-corrected chi connectivity index (χ1v) is 8.13. The lowest BCUT2D eigenvalue weighted by atomic mass is 10.1. The molecular formula is C16H36Cl2N4O4. The highest BCUT2D eigenvalue weighted by Crippen LogP contribution is 2.16. The van der Waals surface area contributed by atoms with Crippen molar-refractivity contribution in [2.45, 2.75) is 85.5 Å². The number of rotatable bonds is 5. The fraction of sp³-hybridized carbons (Fsp3) is 0.875. The number of nitrogens with two attached hydrogens (primary N) is 1. The molecule has 0 aromatic carbocycles. The molecule has 2 unspecified atom stereocenters. The van der Waals surface area contributed by atoms with Crippen LogP contribution in [0.15, 0.2) is 0 Å². The number of nitrogens with zero attached hydrogens (tertiary/aromatic N) is 1. The topological polar surface area (TPSA) is 106 Å². The summed E-state index contributed by atoms with van der Waals surface area (Å²) >= 11 is 0. The molecular weight excluding hydrogens is 383 g/mol. The first-order chi connectivity index (χ1) is 10.6. The van der Waals surface area contributed by atoms with Crippen LogP contribution in [-0.2, 0) is 9.47 Å². The molecule has 0 aromatic heterocycles. The smallest absolute Gasteiger partial charge is 0.410 e. The van der Waals surface area contributed by atoms with E-state index in [1.807, 2.05) is 48.5 Å². The summed E-state index contributed by atoms with van der Waals surface area (Å²) in [5, 5.41) is 5.38. The molecule has 26 heavy (non-hydrogen) atoms. The van der Waals surface area contributed by atoms with Gasteiger partial charge in [-0.15, -0.1) is 24.8 Å². The lowest BCUT2D eigenvalue weighted by Gasteiger charge is -2.40. The van der Waals surface area contributed by atoms with Gasteiger partial charge in [-0.05, 0) is 48.5 Å². The highest BCUT2D eigenvalue weighted by Gasteiger charge is 2.36. The number of amides is 2. The number of carbonyl (C=O) groups excluding carboxylic acids is 2. The molecule has 0 fully saturated rings. The Labute approximate surface area is 169 Å². The molecule has 10 heteroatoms. The SMILES string of the molecule is CCN(C(C)OC(=O)NC(C)(C)C)C(C)(N)OC(=O)NC(C)(C)C.Cl.Cl. The van der Waals surface area contributed by atoms with Crippen molar-refractivity contribution in [2.24, 2.45) is 5.73 Å². The van der Waals surface area contributed by atoms with E-state index in [1.54, 1.807) is 18.7 Å². The normalized spacial score (nSPS) is 14.9. The van der Waals surface area contributed by atoms with E-state index in [4.69, 9.17) is 15.2 Å². The van der Waals surface area contributed by atoms with Gasteiger partial charge in [0.25, 0.3) is 0 Å². The van der Waals surface area contributed by atoms with Crippen LogP contribution in [0.3, 0.4) is 0 Å². The monoisotopic (exact) mass is 418 g/mol. The van der Waals surface area contributed by atoms with Crippen molar-refractivity contribution in [3.05, 3.63) is 0 Å². The molecule has 2 atom stereocenters. The van der Waals surface area contributed by atoms with Gasteiger partial charge in [-0.2, -0.15) is 0 Å². The number of halogens is 2. The molecule has 0 aliphatic carbocycles. The first-order valence-electron chi connectivity index (χ1n) is 8.13. The predicted octanol–water partition coefficient (Wildman–Crippen LogP) is 3.18. The third-order valence-corrected chi connectivity index (χ3v) is 2.88. The maximum absolute atomic E-state index is 12.0. The number of hydrogen-bond acceptors (Lipinski definition) is 6. The zero-order chi connectivity index (χ0) is 19.3. The molecule has 0 aliphatic heterocycles. The number of carbonyl (C=O) groups is 2. The summed E-state index contributed by atoms with van der Waals surface area (Å²) in [7, 11) is 0. The van der Waals surface area contributed by atoms with Gasteiger partial charge in [0.15, 0.2) is 6.23 Å². The molecule has 0 bridgehead atoms. The average molecular weight is 419 g/mol. The van der Waals surface area contributed by atoms with Crippen LogP contribution in [-0.4, -0.2) is 46.8 Å². The van der Waals surface area contributed by atoms with Crippen molar-refractivity contribution in [3.63, 3.8) is 0 Å². The molecule has 0 saturated carbocycles. The molecule has 4 N–H and O–H groups in total. The van der Waals surface area contributed by atoms with Crippen molar-refractivity contribution in [3.8, 4) is 0 Å². The van der Waals surface area contributed by atoms with E-state index in [-0.39, 0.29) is 24.8 Å². The third kappa shape index (κ3) is 12.4. The summed E-state index contributed by atoms with van der Waals surface area (Å²) in [6, 6.07) is 0. The minimum absolute atomic E-state index is 0. The van der Waals surface area contributed by atoms with E-state index in [1.165, 1.54) is 0 Å². The fourth-order valence-electron chi connectivity index (χ4n) is 2.06. The van der Waals surface area contributed by atoms with Gasteiger partial charge >= 0.3 is 12.2 Å². The van der Waals surface area contributed by atoms with Gasteiger partial charge in [0.1, 0.15) is 0 Å². The lowest BCUT2D eigenvalue weighted by molar-refractivity contribution is -0.157. The van der Waals surface area contributed by atoms with Crippen molar-refractivity contribution in [1.82, 2.24) is 15.5 Å². The minimum atomic E-state index is -1.44. The zero-order valence-electron chi connectivity index (χ0n) is 17.3. The molecule has 8 nitrogen and oxygen atoms in total. The first kappa shape index (κ1) is 29.8. The third-order valence-electron chi connectivity index (χ3n) is 2.88. The molecule has 0 aliphatic rings. The van der Waals surface area contributed by atoms with Crippen molar-refractivity contribution < 1.29 is 19.1 Å². The van der Waals surface area contributed by atoms with Crippen LogP contribution in [0.1, 0.15) is 62.3 Å². The Morgan fingerprint density at radius 2 is 1.35 bits per heavy atom. The van der Waals surface area contributed by atoms with Gasteiger partial charge in [-0.1, -0.05) is 6.92 Å². The summed E-state index contributed by atoms with van der Waals surface area (Å²) in [6.45, 7) is 16.5. The summed E-state index contributed by atoms with van der Waals surface area (Å²) < 4.78 is 10.6. The molecule has 2 amide bonds. The van der Waals surface area contributed by atoms with Crippen molar-refractivity contribution >= 4 is 37.0 Å². The second kappa shape index (κ2) is 11.0. The molecule has 0 aromatic rings. The summed E-state index contributed by atoms with van der Waals surface area (Å²) in [5.74, 6) is -1.44. The molecule has 0 rings (SSSR count). The number of nitrogens with one attached hydrogen (secondary N) is 2. The Morgan fingerprint density at radius 3 is 1.69 bits per heavy atom. The van der Waals surface area contributed by atoms with Gasteiger partial charge in [0.05, 0.1) is 0 Å². The van der Waals surface area contributed by atoms with E-state index in [0.29, 0.717) is 6.54 Å². The second-order valence-corrected chi connectivity index (χ2v) is 7.98. The van der Waals surface area contributed by atoms with Crippen LogP contribution in [0.2, 0.25) is 0 Å². The molecule has 0 radical (unpaired) electrons. The average Bonchev–Trinajstić information content (AvgIpc) is 2.21. The summed E-state index contributed by atoms with van der Waals surface area (Å²) in [5.41, 5.74) is 5.27. The summed E-state index contributed by atoms with van der Waals surface area (Å²) in [6.07, 6.45) is -1.89. The Hall–Kier alpha value is -0.960. The Kier molecular flexibility index (Phi) is 12.6. The molecule has 158 valence electrons. The Morgan fingerprint density at radius 1 is 0.962 bits per heavy atom. The minimum Gasteiger partial charge on any atom is -0.430 e. The number of ether oxygens (including phenoxy) is 2.